The van der Waals surface area contributed by atoms with E-state index in [9.17, 15) is 0 Å². The maximum Gasteiger partial charge on any atom is 0.160 e. The topological polar surface area (TPSA) is 30.7 Å². The highest BCUT2D eigenvalue weighted by Gasteiger charge is 2.23. The standard InChI is InChI=1S/C44H43N3/c1-8-29-25-32(27-35(26-29)47-40-15-11-9-13-36(40)37-14-10-12-16-41(37)47)39-28-38(30-17-21-33(22-18-30)43(2,3)4)45-42(46-39)31-19-23-34(24-20-31)44(5,6)7/h8-24,26-28,32H,1,25H2,2-7H3. The van der Waals surface area contributed by atoms with Crippen molar-refractivity contribution in [1.82, 2.24) is 14.5 Å². The largest absolute Gasteiger partial charge is 0.310 e. The molecule has 0 bridgehead atoms. The van der Waals surface area contributed by atoms with Crippen LogP contribution in [0.5, 0.6) is 0 Å². The molecule has 0 N–H and O–H groups in total. The van der Waals surface area contributed by atoms with E-state index in [2.05, 4.69) is 168 Å². The molecule has 0 aliphatic heterocycles. The fourth-order valence-electron chi connectivity index (χ4n) is 6.68. The van der Waals surface area contributed by atoms with Gasteiger partial charge in [0.25, 0.3) is 0 Å². The van der Waals surface area contributed by atoms with Gasteiger partial charge in [0.2, 0.25) is 0 Å². The molecule has 3 nitrogen and oxygen atoms in total. The van der Waals surface area contributed by atoms with Crippen LogP contribution in [0.25, 0.3) is 50.1 Å². The summed E-state index contributed by atoms with van der Waals surface area (Å²) in [6.45, 7) is 17.7. The molecule has 1 aliphatic rings. The molecular weight excluding hydrogens is 571 g/mol. The Morgan fingerprint density at radius 1 is 0.681 bits per heavy atom. The molecule has 2 aromatic heterocycles. The van der Waals surface area contributed by atoms with E-state index >= 15 is 0 Å². The van der Waals surface area contributed by atoms with E-state index in [0.717, 1.165) is 40.5 Å². The van der Waals surface area contributed by atoms with Crippen molar-refractivity contribution in [1.29, 1.82) is 0 Å². The fourth-order valence-corrected chi connectivity index (χ4v) is 6.68. The molecule has 3 heteroatoms. The summed E-state index contributed by atoms with van der Waals surface area (Å²) in [6.07, 6.45) is 7.48. The first kappa shape index (κ1) is 30.6. The van der Waals surface area contributed by atoms with Gasteiger partial charge in [0.05, 0.1) is 22.4 Å². The van der Waals surface area contributed by atoms with Crippen LogP contribution < -0.4 is 0 Å². The Kier molecular flexibility index (Phi) is 7.59. The number of hydrogen-bond acceptors (Lipinski definition) is 2. The Morgan fingerprint density at radius 3 is 1.74 bits per heavy atom. The molecule has 0 fully saturated rings. The normalized spacial score (nSPS) is 15.5. The predicted molar refractivity (Wildman–Crippen MR) is 200 cm³/mol. The number of fused-ring (bicyclic) bond motifs is 3. The highest BCUT2D eigenvalue weighted by atomic mass is 15.0. The highest BCUT2D eigenvalue weighted by molar-refractivity contribution is 6.10. The van der Waals surface area contributed by atoms with E-state index in [1.165, 1.54) is 38.5 Å². The van der Waals surface area contributed by atoms with Crippen LogP contribution in [0.15, 0.2) is 134 Å². The Hall–Kier alpha value is -5.02. The first-order chi connectivity index (χ1) is 22.5. The third-order valence-electron chi connectivity index (χ3n) is 9.44. The van der Waals surface area contributed by atoms with Gasteiger partial charge in [-0.25, -0.2) is 9.97 Å². The number of benzene rings is 4. The maximum atomic E-state index is 5.28. The van der Waals surface area contributed by atoms with E-state index in [4.69, 9.17) is 9.97 Å². The molecule has 4 aromatic carbocycles. The van der Waals surface area contributed by atoms with Gasteiger partial charge < -0.3 is 4.57 Å². The minimum Gasteiger partial charge on any atom is -0.310 e. The van der Waals surface area contributed by atoms with Crippen molar-refractivity contribution in [3.05, 3.63) is 150 Å². The zero-order valence-electron chi connectivity index (χ0n) is 28.4. The number of para-hydroxylation sites is 2. The zero-order chi connectivity index (χ0) is 32.9. The van der Waals surface area contributed by atoms with Gasteiger partial charge in [0.15, 0.2) is 5.82 Å². The van der Waals surface area contributed by atoms with Crippen molar-refractivity contribution in [3.8, 4) is 22.6 Å². The van der Waals surface area contributed by atoms with Gasteiger partial charge in [-0.05, 0) is 58.2 Å². The van der Waals surface area contributed by atoms with Crippen LogP contribution in [0, 0.1) is 0 Å². The smallest absolute Gasteiger partial charge is 0.160 e. The molecule has 7 rings (SSSR count). The van der Waals surface area contributed by atoms with Crippen LogP contribution in [-0.4, -0.2) is 14.5 Å². The Bertz CT molecular complexity index is 2050. The molecule has 2 heterocycles. The second kappa shape index (κ2) is 11.7. The number of allylic oxidation sites excluding steroid dienone is 5. The molecular formula is C44H43N3. The van der Waals surface area contributed by atoms with Crippen molar-refractivity contribution < 1.29 is 0 Å². The third kappa shape index (κ3) is 5.87. The van der Waals surface area contributed by atoms with Crippen molar-refractivity contribution in [2.45, 2.75) is 64.7 Å². The first-order valence-corrected chi connectivity index (χ1v) is 16.6. The summed E-state index contributed by atoms with van der Waals surface area (Å²) in [5, 5.41) is 2.51. The summed E-state index contributed by atoms with van der Waals surface area (Å²) in [5.41, 5.74) is 11.5. The third-order valence-corrected chi connectivity index (χ3v) is 9.44. The van der Waals surface area contributed by atoms with Gasteiger partial charge in [0.1, 0.15) is 0 Å². The van der Waals surface area contributed by atoms with E-state index in [1.807, 2.05) is 6.08 Å². The lowest BCUT2D eigenvalue weighted by atomic mass is 9.86. The first-order valence-electron chi connectivity index (χ1n) is 16.6. The van der Waals surface area contributed by atoms with E-state index < -0.39 is 0 Å². The van der Waals surface area contributed by atoms with Crippen LogP contribution in [0.1, 0.15) is 70.7 Å². The highest BCUT2D eigenvalue weighted by Crippen LogP contribution is 2.39. The second-order valence-corrected chi connectivity index (χ2v) is 14.9. The van der Waals surface area contributed by atoms with Gasteiger partial charge >= 0.3 is 0 Å². The van der Waals surface area contributed by atoms with Gasteiger partial charge in [-0.15, -0.1) is 0 Å². The van der Waals surface area contributed by atoms with Crippen LogP contribution in [-0.2, 0) is 10.8 Å². The van der Waals surface area contributed by atoms with Crippen molar-refractivity contribution in [2.75, 3.05) is 0 Å². The molecule has 1 aliphatic carbocycles. The summed E-state index contributed by atoms with van der Waals surface area (Å²) >= 11 is 0. The summed E-state index contributed by atoms with van der Waals surface area (Å²) < 4.78 is 2.39. The van der Waals surface area contributed by atoms with Crippen LogP contribution in [0.2, 0.25) is 0 Å². The monoisotopic (exact) mass is 613 g/mol. The number of hydrogen-bond donors (Lipinski definition) is 0. The maximum absolute atomic E-state index is 5.28. The Morgan fingerprint density at radius 2 is 1.21 bits per heavy atom. The molecule has 234 valence electrons. The summed E-state index contributed by atoms with van der Waals surface area (Å²) in [6, 6.07) is 37.1. The van der Waals surface area contributed by atoms with Crippen LogP contribution >= 0.6 is 0 Å². The van der Waals surface area contributed by atoms with E-state index in [1.54, 1.807) is 0 Å². The molecule has 47 heavy (non-hydrogen) atoms. The Balaban J connectivity index is 1.39. The zero-order valence-corrected chi connectivity index (χ0v) is 28.4. The van der Waals surface area contributed by atoms with Crippen molar-refractivity contribution >= 4 is 27.5 Å². The quantitative estimate of drug-likeness (QED) is 0.194. The molecule has 0 saturated heterocycles. The predicted octanol–water partition coefficient (Wildman–Crippen LogP) is 11.7. The minimum absolute atomic E-state index is 0.0473. The number of aromatic nitrogens is 3. The lowest BCUT2D eigenvalue weighted by molar-refractivity contribution is 0.590. The van der Waals surface area contributed by atoms with E-state index in [0.29, 0.717) is 0 Å². The van der Waals surface area contributed by atoms with Gasteiger partial charge in [-0.3, -0.25) is 0 Å². The van der Waals surface area contributed by atoms with Crippen LogP contribution in [0.3, 0.4) is 0 Å². The van der Waals surface area contributed by atoms with Crippen LogP contribution in [0.4, 0.5) is 0 Å². The van der Waals surface area contributed by atoms with Gasteiger partial charge in [-0.2, -0.15) is 0 Å². The molecule has 0 radical (unpaired) electrons. The summed E-state index contributed by atoms with van der Waals surface area (Å²) in [5.74, 6) is 0.797. The van der Waals surface area contributed by atoms with Gasteiger partial charge in [0, 0.05) is 33.5 Å². The van der Waals surface area contributed by atoms with Crippen molar-refractivity contribution in [3.63, 3.8) is 0 Å². The molecule has 0 amide bonds. The average Bonchev–Trinajstić information content (AvgIpc) is 3.42. The molecule has 1 atom stereocenters. The molecule has 6 aromatic rings. The van der Waals surface area contributed by atoms with Gasteiger partial charge in [-0.1, -0.05) is 145 Å². The average molecular weight is 614 g/mol. The summed E-state index contributed by atoms with van der Waals surface area (Å²) in [7, 11) is 0. The second-order valence-electron chi connectivity index (χ2n) is 14.9. The number of nitrogens with zero attached hydrogens (tertiary/aromatic N) is 3. The minimum atomic E-state index is 0.0473. The summed E-state index contributed by atoms with van der Waals surface area (Å²) in [4.78, 5) is 10.5. The SMILES string of the molecule is C=CC1=CC(n2c3ccccc3c3ccccc32)=CC(c2cc(-c3ccc(C(C)(C)C)cc3)nc(-c3ccc(C(C)(C)C)cc3)n2)C1. The lowest BCUT2D eigenvalue weighted by Crippen LogP contribution is -2.11. The molecule has 1 unspecified atom stereocenters. The van der Waals surface area contributed by atoms with Crippen molar-refractivity contribution in [2.24, 2.45) is 0 Å². The fraction of sp³-hybridized carbons (Fsp3) is 0.227. The Labute approximate surface area is 279 Å². The lowest BCUT2D eigenvalue weighted by Gasteiger charge is -2.23. The molecule has 0 saturated carbocycles. The molecule has 0 spiro atoms. The van der Waals surface area contributed by atoms with E-state index in [-0.39, 0.29) is 16.7 Å². The number of rotatable bonds is 5.